The van der Waals surface area contributed by atoms with E-state index in [4.69, 9.17) is 0 Å². The van der Waals surface area contributed by atoms with Gasteiger partial charge in [0.05, 0.1) is 0 Å². The molecule has 4 nitrogen and oxygen atoms in total. The average molecular weight is 310 g/mol. The summed E-state index contributed by atoms with van der Waals surface area (Å²) in [4.78, 5) is 29.8. The van der Waals surface area contributed by atoms with Crippen molar-refractivity contribution in [3.8, 4) is 0 Å². The summed E-state index contributed by atoms with van der Waals surface area (Å²) in [6.45, 7) is 12.2. The van der Waals surface area contributed by atoms with Crippen LogP contribution in [0, 0.1) is 5.41 Å². The van der Waals surface area contributed by atoms with Crippen LogP contribution in [-0.4, -0.2) is 47.3 Å². The number of piperidine rings is 1. The fraction of sp³-hybridized carbons (Fsp3) is 0.889. The Kier molecular flexibility index (Phi) is 7.37. The zero-order valence-corrected chi connectivity index (χ0v) is 15.2. The van der Waals surface area contributed by atoms with E-state index in [1.807, 2.05) is 9.80 Å². The third-order valence-corrected chi connectivity index (χ3v) is 4.70. The van der Waals surface area contributed by atoms with E-state index in [9.17, 15) is 9.59 Å². The maximum Gasteiger partial charge on any atom is 0.237 e. The molecule has 0 bridgehead atoms. The van der Waals surface area contributed by atoms with E-state index in [0.29, 0.717) is 6.04 Å². The van der Waals surface area contributed by atoms with Crippen LogP contribution in [0.2, 0.25) is 0 Å². The van der Waals surface area contributed by atoms with Gasteiger partial charge in [0.25, 0.3) is 0 Å². The van der Waals surface area contributed by atoms with Crippen molar-refractivity contribution in [1.82, 2.24) is 9.80 Å². The fourth-order valence-electron chi connectivity index (χ4n) is 3.39. The van der Waals surface area contributed by atoms with Gasteiger partial charge in [-0.15, -0.1) is 0 Å². The van der Waals surface area contributed by atoms with Gasteiger partial charge in [-0.2, -0.15) is 0 Å². The number of hydrogen-bond acceptors (Lipinski definition) is 2. The summed E-state index contributed by atoms with van der Waals surface area (Å²) in [5.41, 5.74) is -0.949. The lowest BCUT2D eigenvalue weighted by Gasteiger charge is -2.40. The van der Waals surface area contributed by atoms with Crippen molar-refractivity contribution < 1.29 is 9.59 Å². The standard InChI is InChI=1S/C18H34N2O2/c1-6-12-19(13-7-2)16(21)18(4,5)17(22)20-14-10-9-11-15(20)8-3/h15H,6-14H2,1-5H3. The molecule has 1 rings (SSSR count). The molecule has 0 spiro atoms. The zero-order valence-electron chi connectivity index (χ0n) is 15.2. The molecule has 1 saturated heterocycles. The highest BCUT2D eigenvalue weighted by Gasteiger charge is 2.43. The van der Waals surface area contributed by atoms with E-state index >= 15 is 0 Å². The van der Waals surface area contributed by atoms with Crippen molar-refractivity contribution in [2.75, 3.05) is 19.6 Å². The van der Waals surface area contributed by atoms with Gasteiger partial charge in [-0.1, -0.05) is 20.8 Å². The third kappa shape index (κ3) is 4.23. The molecular formula is C18H34N2O2. The molecule has 0 aliphatic carbocycles. The van der Waals surface area contributed by atoms with Crippen molar-refractivity contribution in [2.24, 2.45) is 5.41 Å². The number of carbonyl (C=O) groups excluding carboxylic acids is 2. The van der Waals surface area contributed by atoms with Gasteiger partial charge in [0.15, 0.2) is 0 Å². The summed E-state index contributed by atoms with van der Waals surface area (Å²) in [5, 5.41) is 0. The molecule has 0 saturated carbocycles. The van der Waals surface area contributed by atoms with Crippen LogP contribution in [0.5, 0.6) is 0 Å². The number of amides is 2. The van der Waals surface area contributed by atoms with Crippen LogP contribution >= 0.6 is 0 Å². The molecule has 0 N–H and O–H groups in total. The van der Waals surface area contributed by atoms with Crippen molar-refractivity contribution >= 4 is 11.8 Å². The molecule has 1 aliphatic rings. The minimum atomic E-state index is -0.949. The maximum atomic E-state index is 13.0. The van der Waals surface area contributed by atoms with Crippen LogP contribution in [0.1, 0.15) is 73.1 Å². The molecule has 1 heterocycles. The molecule has 22 heavy (non-hydrogen) atoms. The van der Waals surface area contributed by atoms with Gasteiger partial charge in [0.1, 0.15) is 5.41 Å². The minimum Gasteiger partial charge on any atom is -0.342 e. The van der Waals surface area contributed by atoms with Crippen molar-refractivity contribution in [3.05, 3.63) is 0 Å². The quantitative estimate of drug-likeness (QED) is 0.676. The summed E-state index contributed by atoms with van der Waals surface area (Å²) in [6.07, 6.45) is 6.15. The van der Waals surface area contributed by atoms with Crippen molar-refractivity contribution in [2.45, 2.75) is 79.2 Å². The predicted molar refractivity (Wildman–Crippen MR) is 90.6 cm³/mol. The number of rotatable bonds is 7. The SMILES string of the molecule is CCCN(CCC)C(=O)C(C)(C)C(=O)N1CCCCC1CC. The summed E-state index contributed by atoms with van der Waals surface area (Å²) >= 11 is 0. The van der Waals surface area contributed by atoms with Gasteiger partial charge >= 0.3 is 0 Å². The Morgan fingerprint density at radius 1 is 1.09 bits per heavy atom. The minimum absolute atomic E-state index is 0.0124. The molecule has 4 heteroatoms. The maximum absolute atomic E-state index is 13.0. The number of nitrogens with zero attached hydrogens (tertiary/aromatic N) is 2. The summed E-state index contributed by atoms with van der Waals surface area (Å²) in [5.74, 6) is 0.00267. The van der Waals surface area contributed by atoms with E-state index in [1.54, 1.807) is 13.8 Å². The number of likely N-dealkylation sites (tertiary alicyclic amines) is 1. The number of carbonyl (C=O) groups is 2. The smallest absolute Gasteiger partial charge is 0.237 e. The second kappa shape index (κ2) is 8.54. The van der Waals surface area contributed by atoms with Gasteiger partial charge in [0.2, 0.25) is 11.8 Å². The first-order valence-corrected chi connectivity index (χ1v) is 9.00. The largest absolute Gasteiger partial charge is 0.342 e. The molecule has 128 valence electrons. The Labute approximate surface area is 136 Å². The Hall–Kier alpha value is -1.06. The lowest BCUT2D eigenvalue weighted by Crippen LogP contribution is -2.54. The highest BCUT2D eigenvalue weighted by molar-refractivity contribution is 6.04. The first-order chi connectivity index (χ1) is 10.4. The normalized spacial score (nSPS) is 19.1. The summed E-state index contributed by atoms with van der Waals surface area (Å²) < 4.78 is 0. The summed E-state index contributed by atoms with van der Waals surface area (Å²) in [6, 6.07) is 0.305. The third-order valence-electron chi connectivity index (χ3n) is 4.70. The fourth-order valence-corrected chi connectivity index (χ4v) is 3.39. The molecule has 0 radical (unpaired) electrons. The second-order valence-corrected chi connectivity index (χ2v) is 6.97. The van der Waals surface area contributed by atoms with Crippen LogP contribution < -0.4 is 0 Å². The number of hydrogen-bond donors (Lipinski definition) is 0. The monoisotopic (exact) mass is 310 g/mol. The molecule has 0 aromatic rings. The van der Waals surface area contributed by atoms with E-state index in [1.165, 1.54) is 6.42 Å². The molecule has 1 unspecified atom stereocenters. The summed E-state index contributed by atoms with van der Waals surface area (Å²) in [7, 11) is 0. The Morgan fingerprint density at radius 3 is 2.18 bits per heavy atom. The van der Waals surface area contributed by atoms with Gasteiger partial charge in [-0.25, -0.2) is 0 Å². The van der Waals surface area contributed by atoms with Gasteiger partial charge in [-0.05, 0) is 52.4 Å². The zero-order chi connectivity index (χ0) is 16.8. The van der Waals surface area contributed by atoms with Crippen LogP contribution in [0.3, 0.4) is 0 Å². The lowest BCUT2D eigenvalue weighted by atomic mass is 9.87. The second-order valence-electron chi connectivity index (χ2n) is 6.97. The van der Waals surface area contributed by atoms with E-state index in [2.05, 4.69) is 20.8 Å². The van der Waals surface area contributed by atoms with E-state index in [0.717, 1.165) is 51.7 Å². The van der Waals surface area contributed by atoms with Crippen molar-refractivity contribution in [1.29, 1.82) is 0 Å². The highest BCUT2D eigenvalue weighted by atomic mass is 16.2. The molecule has 0 aromatic carbocycles. The molecule has 1 aliphatic heterocycles. The van der Waals surface area contributed by atoms with Crippen molar-refractivity contribution in [3.63, 3.8) is 0 Å². The van der Waals surface area contributed by atoms with Crippen LogP contribution in [0.15, 0.2) is 0 Å². The van der Waals surface area contributed by atoms with Crippen LogP contribution in [0.25, 0.3) is 0 Å². The first-order valence-electron chi connectivity index (χ1n) is 9.00. The Bertz CT molecular complexity index is 373. The molecule has 1 atom stereocenters. The van der Waals surface area contributed by atoms with Gasteiger partial charge < -0.3 is 9.80 Å². The molecular weight excluding hydrogens is 276 g/mol. The molecule has 0 aromatic heterocycles. The Morgan fingerprint density at radius 2 is 1.68 bits per heavy atom. The molecule has 1 fully saturated rings. The van der Waals surface area contributed by atoms with Crippen LogP contribution in [0.4, 0.5) is 0 Å². The lowest BCUT2D eigenvalue weighted by molar-refractivity contribution is -0.156. The van der Waals surface area contributed by atoms with E-state index in [-0.39, 0.29) is 11.8 Å². The average Bonchev–Trinajstić information content (AvgIpc) is 2.53. The van der Waals surface area contributed by atoms with E-state index < -0.39 is 5.41 Å². The Balaban J connectivity index is 2.89. The highest BCUT2D eigenvalue weighted by Crippen LogP contribution is 2.28. The predicted octanol–water partition coefficient (Wildman–Crippen LogP) is 3.45. The first kappa shape index (κ1) is 19.0. The van der Waals surface area contributed by atoms with Gasteiger partial charge in [0, 0.05) is 25.7 Å². The van der Waals surface area contributed by atoms with Crippen LogP contribution in [-0.2, 0) is 9.59 Å². The molecule has 2 amide bonds. The topological polar surface area (TPSA) is 40.6 Å². The van der Waals surface area contributed by atoms with Gasteiger partial charge in [-0.3, -0.25) is 9.59 Å².